The predicted octanol–water partition coefficient (Wildman–Crippen LogP) is 3.82. The van der Waals surface area contributed by atoms with Crippen LogP contribution in [0.1, 0.15) is 21.5 Å². The first kappa shape index (κ1) is 20.9. The smallest absolute Gasteiger partial charge is 0.257 e. The number of carbonyl (C=O) groups is 1. The first-order valence-electron chi connectivity index (χ1n) is 9.91. The molecular weight excluding hydrogens is 406 g/mol. The third kappa shape index (κ3) is 4.37. The van der Waals surface area contributed by atoms with Crippen LogP contribution in [0.15, 0.2) is 60.9 Å². The maximum atomic E-state index is 12.7. The van der Waals surface area contributed by atoms with Gasteiger partial charge in [-0.3, -0.25) is 4.79 Å². The number of anilines is 1. The summed E-state index contributed by atoms with van der Waals surface area (Å²) >= 11 is 0. The van der Waals surface area contributed by atoms with E-state index >= 15 is 0 Å². The summed E-state index contributed by atoms with van der Waals surface area (Å²) in [6.45, 7) is 0.463. The lowest BCUT2D eigenvalue weighted by atomic mass is 10.1. The van der Waals surface area contributed by atoms with Gasteiger partial charge in [0.15, 0.2) is 5.65 Å². The highest BCUT2D eigenvalue weighted by atomic mass is 16.5. The molecule has 8 heteroatoms. The number of amides is 1. The van der Waals surface area contributed by atoms with E-state index in [-0.39, 0.29) is 5.91 Å². The summed E-state index contributed by atoms with van der Waals surface area (Å²) in [6, 6.07) is 16.7. The Labute approximate surface area is 185 Å². The van der Waals surface area contributed by atoms with E-state index in [1.54, 1.807) is 43.3 Å². The van der Waals surface area contributed by atoms with Crippen molar-refractivity contribution in [2.24, 2.45) is 0 Å². The molecule has 0 saturated carbocycles. The van der Waals surface area contributed by atoms with Crippen molar-refractivity contribution in [2.45, 2.75) is 13.0 Å². The van der Waals surface area contributed by atoms with E-state index in [9.17, 15) is 4.79 Å². The minimum Gasteiger partial charge on any atom is -0.497 e. The SMILES string of the molecule is COc1ccc(Cn2ncc3cc(C(=O)Nc4ccc(CC#N)cc4)cnc32)c(OC)c1. The quantitative estimate of drug-likeness (QED) is 0.481. The number of nitriles is 1. The van der Waals surface area contributed by atoms with Gasteiger partial charge in [-0.2, -0.15) is 10.4 Å². The molecule has 1 amide bonds. The van der Waals surface area contributed by atoms with Crippen molar-refractivity contribution in [3.8, 4) is 17.6 Å². The highest BCUT2D eigenvalue weighted by molar-refractivity contribution is 6.05. The van der Waals surface area contributed by atoms with Crippen LogP contribution in [0.2, 0.25) is 0 Å². The molecule has 0 aliphatic carbocycles. The standard InChI is InChI=1S/C24H21N5O3/c1-31-21-8-5-17(22(12-21)32-2)15-29-23-18(14-27-29)11-19(13-26-23)24(30)28-20-6-3-16(4-7-20)9-10-25/h3-8,11-14H,9,15H2,1-2H3,(H,28,30). The molecule has 0 aliphatic heterocycles. The molecule has 0 radical (unpaired) electrons. The fraction of sp³-hybridized carbons (Fsp3) is 0.167. The van der Waals surface area contributed by atoms with Crippen molar-refractivity contribution in [3.05, 3.63) is 77.6 Å². The van der Waals surface area contributed by atoms with Crippen LogP contribution in [0.3, 0.4) is 0 Å². The Kier molecular flexibility index (Phi) is 5.99. The van der Waals surface area contributed by atoms with Gasteiger partial charge in [0.2, 0.25) is 0 Å². The third-order valence-electron chi connectivity index (χ3n) is 5.05. The second-order valence-corrected chi connectivity index (χ2v) is 7.10. The van der Waals surface area contributed by atoms with Gasteiger partial charge in [-0.1, -0.05) is 12.1 Å². The minimum atomic E-state index is -0.267. The molecule has 2 aromatic carbocycles. The van der Waals surface area contributed by atoms with E-state index in [0.717, 1.165) is 16.5 Å². The van der Waals surface area contributed by atoms with Gasteiger partial charge in [0.1, 0.15) is 11.5 Å². The van der Waals surface area contributed by atoms with Gasteiger partial charge in [-0.15, -0.1) is 0 Å². The zero-order chi connectivity index (χ0) is 22.5. The number of nitrogens with zero attached hydrogens (tertiary/aromatic N) is 4. The highest BCUT2D eigenvalue weighted by Gasteiger charge is 2.13. The average molecular weight is 427 g/mol. The molecule has 8 nitrogen and oxygen atoms in total. The van der Waals surface area contributed by atoms with Crippen LogP contribution >= 0.6 is 0 Å². The topological polar surface area (TPSA) is 102 Å². The summed E-state index contributed by atoms with van der Waals surface area (Å²) in [4.78, 5) is 17.1. The number of ether oxygens (including phenoxy) is 2. The van der Waals surface area contributed by atoms with Gasteiger partial charge in [-0.25, -0.2) is 9.67 Å². The molecule has 0 saturated heterocycles. The Hall–Kier alpha value is -4.38. The number of rotatable bonds is 7. The first-order valence-corrected chi connectivity index (χ1v) is 9.91. The Bertz CT molecular complexity index is 1310. The van der Waals surface area contributed by atoms with Crippen LogP contribution in [0.4, 0.5) is 5.69 Å². The van der Waals surface area contributed by atoms with E-state index in [1.165, 1.54) is 6.20 Å². The molecule has 0 atom stereocenters. The summed E-state index contributed by atoms with van der Waals surface area (Å²) in [7, 11) is 3.22. The molecule has 0 aliphatic rings. The second kappa shape index (κ2) is 9.18. The molecule has 32 heavy (non-hydrogen) atoms. The van der Waals surface area contributed by atoms with E-state index < -0.39 is 0 Å². The van der Waals surface area contributed by atoms with Crippen LogP contribution in [-0.2, 0) is 13.0 Å². The minimum absolute atomic E-state index is 0.267. The zero-order valence-corrected chi connectivity index (χ0v) is 17.7. The molecule has 160 valence electrons. The Morgan fingerprint density at radius 2 is 1.91 bits per heavy atom. The molecule has 2 aromatic heterocycles. The van der Waals surface area contributed by atoms with Crippen molar-refractivity contribution in [1.82, 2.24) is 14.8 Å². The number of nitrogens with one attached hydrogen (secondary N) is 1. The van der Waals surface area contributed by atoms with Gasteiger partial charge in [-0.05, 0) is 35.9 Å². The molecule has 0 bridgehead atoms. The van der Waals surface area contributed by atoms with E-state index in [4.69, 9.17) is 14.7 Å². The Morgan fingerprint density at radius 1 is 1.09 bits per heavy atom. The third-order valence-corrected chi connectivity index (χ3v) is 5.05. The number of aromatic nitrogens is 3. The van der Waals surface area contributed by atoms with Gasteiger partial charge in [0.25, 0.3) is 5.91 Å². The van der Waals surface area contributed by atoms with Gasteiger partial charge < -0.3 is 14.8 Å². The molecule has 4 aromatic rings. The van der Waals surface area contributed by atoms with Gasteiger partial charge in [0.05, 0.1) is 45.0 Å². The lowest BCUT2D eigenvalue weighted by Crippen LogP contribution is -2.12. The molecule has 1 N–H and O–H groups in total. The molecule has 2 heterocycles. The van der Waals surface area contributed by atoms with Crippen molar-refractivity contribution in [2.75, 3.05) is 19.5 Å². The summed E-state index contributed by atoms with van der Waals surface area (Å²) in [5.74, 6) is 1.14. The van der Waals surface area contributed by atoms with Gasteiger partial charge in [0, 0.05) is 28.9 Å². The maximum Gasteiger partial charge on any atom is 0.257 e. The van der Waals surface area contributed by atoms with Crippen molar-refractivity contribution in [1.29, 1.82) is 5.26 Å². The highest BCUT2D eigenvalue weighted by Crippen LogP contribution is 2.26. The van der Waals surface area contributed by atoms with Crippen LogP contribution in [0.5, 0.6) is 11.5 Å². The Balaban J connectivity index is 1.52. The molecule has 0 fully saturated rings. The van der Waals surface area contributed by atoms with Crippen LogP contribution in [0.25, 0.3) is 11.0 Å². The summed E-state index contributed by atoms with van der Waals surface area (Å²) in [6.07, 6.45) is 3.55. The number of carbonyl (C=O) groups excluding carboxylic acids is 1. The largest absolute Gasteiger partial charge is 0.497 e. The maximum absolute atomic E-state index is 12.7. The fourth-order valence-electron chi connectivity index (χ4n) is 3.36. The predicted molar refractivity (Wildman–Crippen MR) is 120 cm³/mol. The van der Waals surface area contributed by atoms with E-state index in [2.05, 4.69) is 21.5 Å². The number of hydrogen-bond donors (Lipinski definition) is 1. The second-order valence-electron chi connectivity index (χ2n) is 7.10. The van der Waals surface area contributed by atoms with Crippen LogP contribution < -0.4 is 14.8 Å². The summed E-state index contributed by atoms with van der Waals surface area (Å²) in [5, 5.41) is 16.8. The molecule has 4 rings (SSSR count). The normalized spacial score (nSPS) is 10.5. The summed E-state index contributed by atoms with van der Waals surface area (Å²) < 4.78 is 12.5. The fourth-order valence-corrected chi connectivity index (χ4v) is 3.36. The molecular formula is C24H21N5O3. The average Bonchev–Trinajstić information content (AvgIpc) is 3.22. The van der Waals surface area contributed by atoms with Gasteiger partial charge >= 0.3 is 0 Å². The lowest BCUT2D eigenvalue weighted by molar-refractivity contribution is 0.102. The van der Waals surface area contributed by atoms with E-state index in [1.807, 2.05) is 30.3 Å². The molecule has 0 spiro atoms. The zero-order valence-electron chi connectivity index (χ0n) is 17.7. The van der Waals surface area contributed by atoms with Crippen molar-refractivity contribution < 1.29 is 14.3 Å². The van der Waals surface area contributed by atoms with Crippen molar-refractivity contribution >= 4 is 22.6 Å². The number of hydrogen-bond acceptors (Lipinski definition) is 6. The first-order chi connectivity index (χ1) is 15.6. The van der Waals surface area contributed by atoms with E-state index in [0.29, 0.717) is 41.4 Å². The summed E-state index contributed by atoms with van der Waals surface area (Å²) in [5.41, 5.74) is 3.58. The lowest BCUT2D eigenvalue weighted by Gasteiger charge is -2.11. The van der Waals surface area contributed by atoms with Crippen molar-refractivity contribution in [3.63, 3.8) is 0 Å². The number of fused-ring (bicyclic) bond motifs is 1. The number of benzene rings is 2. The number of pyridine rings is 1. The molecule has 0 unspecified atom stereocenters. The van der Waals surface area contributed by atoms with Crippen LogP contribution in [0, 0.1) is 11.3 Å². The number of methoxy groups -OCH3 is 2. The monoisotopic (exact) mass is 427 g/mol. The van der Waals surface area contributed by atoms with Crippen LogP contribution in [-0.4, -0.2) is 34.9 Å². The Morgan fingerprint density at radius 3 is 2.62 bits per heavy atom.